The Bertz CT molecular complexity index is 761. The Morgan fingerprint density at radius 1 is 1.00 bits per heavy atom. The largest absolute Gasteiger partial charge is 0.445 e. The molecule has 1 heterocycles. The van der Waals surface area contributed by atoms with E-state index in [1.54, 1.807) is 0 Å². The van der Waals surface area contributed by atoms with Crippen molar-refractivity contribution in [3.8, 4) is 0 Å². The van der Waals surface area contributed by atoms with E-state index in [9.17, 15) is 9.59 Å². The van der Waals surface area contributed by atoms with Crippen molar-refractivity contribution in [3.05, 3.63) is 71.8 Å². The van der Waals surface area contributed by atoms with E-state index in [0.29, 0.717) is 12.5 Å². The van der Waals surface area contributed by atoms with Gasteiger partial charge in [-0.1, -0.05) is 60.7 Å². The van der Waals surface area contributed by atoms with Crippen LogP contribution >= 0.6 is 0 Å². The zero-order valence-electron chi connectivity index (χ0n) is 16.6. The summed E-state index contributed by atoms with van der Waals surface area (Å²) in [5.74, 6) is 0.414. The smallest absolute Gasteiger partial charge is 0.408 e. The lowest BCUT2D eigenvalue weighted by atomic mass is 9.94. The summed E-state index contributed by atoms with van der Waals surface area (Å²) in [6, 6.07) is 17.9. The van der Waals surface area contributed by atoms with E-state index in [0.717, 1.165) is 43.5 Å². The molecule has 6 heteroatoms. The van der Waals surface area contributed by atoms with Gasteiger partial charge < -0.3 is 20.7 Å². The zero-order valence-corrected chi connectivity index (χ0v) is 16.6. The van der Waals surface area contributed by atoms with Crippen molar-refractivity contribution in [2.45, 2.75) is 31.9 Å². The number of hydrogen-bond acceptors (Lipinski definition) is 4. The normalized spacial score (nSPS) is 15.3. The van der Waals surface area contributed by atoms with E-state index in [1.807, 2.05) is 60.7 Å². The summed E-state index contributed by atoms with van der Waals surface area (Å²) < 4.78 is 5.29. The van der Waals surface area contributed by atoms with Gasteiger partial charge in [-0.25, -0.2) is 4.79 Å². The van der Waals surface area contributed by atoms with Crippen LogP contribution in [-0.4, -0.2) is 31.6 Å². The zero-order chi connectivity index (χ0) is 20.3. The molecule has 1 fully saturated rings. The summed E-state index contributed by atoms with van der Waals surface area (Å²) in [4.78, 5) is 25.1. The van der Waals surface area contributed by atoms with Crippen molar-refractivity contribution in [2.75, 3.05) is 19.6 Å². The molecule has 0 aliphatic carbocycles. The molecule has 1 aliphatic heterocycles. The molecular weight excluding hydrogens is 366 g/mol. The minimum atomic E-state index is -0.785. The van der Waals surface area contributed by atoms with Crippen molar-refractivity contribution in [2.24, 2.45) is 5.92 Å². The minimum absolute atomic E-state index is 0.158. The summed E-state index contributed by atoms with van der Waals surface area (Å²) in [5, 5.41) is 9.04. The van der Waals surface area contributed by atoms with E-state index in [-0.39, 0.29) is 12.5 Å². The van der Waals surface area contributed by atoms with Gasteiger partial charge in [0, 0.05) is 6.54 Å². The van der Waals surface area contributed by atoms with Crippen LogP contribution in [0.4, 0.5) is 4.79 Å². The maximum Gasteiger partial charge on any atom is 0.408 e. The standard InChI is InChI=1S/C23H29N3O3/c27-22(25-16-13-18-11-14-24-15-12-18)21(20-9-5-2-6-10-20)26-23(28)29-17-19-7-3-1-4-8-19/h1-10,18,21,24H,11-17H2,(H,25,27)(H,26,28)/t21-/m1/s1. The average molecular weight is 396 g/mol. The van der Waals surface area contributed by atoms with Crippen LogP contribution in [0.3, 0.4) is 0 Å². The van der Waals surface area contributed by atoms with Gasteiger partial charge in [0.25, 0.3) is 0 Å². The third-order valence-corrected chi connectivity index (χ3v) is 5.18. The Labute approximate surface area is 172 Å². The van der Waals surface area contributed by atoms with Crippen molar-refractivity contribution < 1.29 is 14.3 Å². The Morgan fingerprint density at radius 2 is 1.66 bits per heavy atom. The van der Waals surface area contributed by atoms with Crippen LogP contribution in [0.25, 0.3) is 0 Å². The molecule has 3 N–H and O–H groups in total. The highest BCUT2D eigenvalue weighted by Gasteiger charge is 2.23. The molecular formula is C23H29N3O3. The Kier molecular flexibility index (Phi) is 8.07. The fraction of sp³-hybridized carbons (Fsp3) is 0.391. The molecule has 1 aliphatic rings. The van der Waals surface area contributed by atoms with Crippen molar-refractivity contribution in [3.63, 3.8) is 0 Å². The van der Waals surface area contributed by atoms with Crippen LogP contribution in [0.2, 0.25) is 0 Å². The summed E-state index contributed by atoms with van der Waals surface area (Å²) in [7, 11) is 0. The van der Waals surface area contributed by atoms with Gasteiger partial charge in [0.1, 0.15) is 12.6 Å². The molecule has 1 saturated heterocycles. The second-order valence-electron chi connectivity index (χ2n) is 7.32. The van der Waals surface area contributed by atoms with Crippen molar-refractivity contribution >= 4 is 12.0 Å². The number of hydrogen-bond donors (Lipinski definition) is 3. The molecule has 0 aromatic heterocycles. The number of rotatable bonds is 8. The summed E-state index contributed by atoms with van der Waals surface area (Å²) in [6.07, 6.45) is 2.62. The lowest BCUT2D eigenvalue weighted by Gasteiger charge is -2.23. The number of nitrogens with one attached hydrogen (secondary N) is 3. The third-order valence-electron chi connectivity index (χ3n) is 5.18. The molecule has 29 heavy (non-hydrogen) atoms. The molecule has 6 nitrogen and oxygen atoms in total. The number of ether oxygens (including phenoxy) is 1. The Morgan fingerprint density at radius 3 is 2.34 bits per heavy atom. The lowest BCUT2D eigenvalue weighted by molar-refractivity contribution is -0.123. The van der Waals surface area contributed by atoms with Crippen molar-refractivity contribution in [1.29, 1.82) is 0 Å². The molecule has 1 atom stereocenters. The number of piperidine rings is 1. The first kappa shape index (κ1) is 20.9. The van der Waals surface area contributed by atoms with Crippen LogP contribution in [0.1, 0.15) is 36.4 Å². The molecule has 2 aromatic carbocycles. The highest BCUT2D eigenvalue weighted by molar-refractivity contribution is 5.86. The highest BCUT2D eigenvalue weighted by atomic mass is 16.5. The summed E-state index contributed by atoms with van der Waals surface area (Å²) >= 11 is 0. The van der Waals surface area contributed by atoms with Crippen LogP contribution in [0, 0.1) is 5.92 Å². The fourth-order valence-corrected chi connectivity index (χ4v) is 3.50. The quantitative estimate of drug-likeness (QED) is 0.642. The average Bonchev–Trinajstić information content (AvgIpc) is 2.78. The summed E-state index contributed by atoms with van der Waals surface area (Å²) in [5.41, 5.74) is 1.62. The second kappa shape index (κ2) is 11.2. The van der Waals surface area contributed by atoms with Crippen LogP contribution in [0.15, 0.2) is 60.7 Å². The first-order valence-corrected chi connectivity index (χ1v) is 10.2. The molecule has 0 radical (unpaired) electrons. The number of carbonyl (C=O) groups is 2. The maximum absolute atomic E-state index is 12.8. The van der Waals surface area contributed by atoms with Crippen LogP contribution in [0.5, 0.6) is 0 Å². The molecule has 2 aromatic rings. The van der Waals surface area contributed by atoms with E-state index >= 15 is 0 Å². The van der Waals surface area contributed by atoms with Gasteiger partial charge in [-0.15, -0.1) is 0 Å². The second-order valence-corrected chi connectivity index (χ2v) is 7.32. The molecule has 154 valence electrons. The van der Waals surface area contributed by atoms with Gasteiger partial charge in [-0.05, 0) is 49.4 Å². The van der Waals surface area contributed by atoms with Crippen LogP contribution in [-0.2, 0) is 16.1 Å². The maximum atomic E-state index is 12.8. The van der Waals surface area contributed by atoms with E-state index in [4.69, 9.17) is 4.74 Å². The van der Waals surface area contributed by atoms with Gasteiger partial charge in [0.2, 0.25) is 5.91 Å². The van der Waals surface area contributed by atoms with Gasteiger partial charge in [0.15, 0.2) is 0 Å². The van der Waals surface area contributed by atoms with E-state index < -0.39 is 12.1 Å². The number of carbonyl (C=O) groups excluding carboxylic acids is 2. The molecule has 0 saturated carbocycles. The monoisotopic (exact) mass is 395 g/mol. The SMILES string of the molecule is O=C(N[C@@H](C(=O)NCCC1CCNCC1)c1ccccc1)OCc1ccccc1. The molecule has 0 unspecified atom stereocenters. The fourth-order valence-electron chi connectivity index (χ4n) is 3.50. The van der Waals surface area contributed by atoms with Gasteiger partial charge in [-0.2, -0.15) is 0 Å². The van der Waals surface area contributed by atoms with Gasteiger partial charge in [-0.3, -0.25) is 4.79 Å². The molecule has 3 rings (SSSR count). The van der Waals surface area contributed by atoms with E-state index in [2.05, 4.69) is 16.0 Å². The van der Waals surface area contributed by atoms with Crippen molar-refractivity contribution in [1.82, 2.24) is 16.0 Å². The third kappa shape index (κ3) is 6.91. The topological polar surface area (TPSA) is 79.5 Å². The molecule has 0 bridgehead atoms. The van der Waals surface area contributed by atoms with Gasteiger partial charge >= 0.3 is 6.09 Å². The molecule has 0 spiro atoms. The highest BCUT2D eigenvalue weighted by Crippen LogP contribution is 2.16. The van der Waals surface area contributed by atoms with E-state index in [1.165, 1.54) is 0 Å². The Hall–Kier alpha value is -2.86. The number of amides is 2. The Balaban J connectivity index is 1.54. The molecule has 2 amide bonds. The first-order chi connectivity index (χ1) is 14.2. The lowest BCUT2D eigenvalue weighted by Crippen LogP contribution is -2.41. The first-order valence-electron chi connectivity index (χ1n) is 10.2. The van der Waals surface area contributed by atoms with Gasteiger partial charge in [0.05, 0.1) is 0 Å². The minimum Gasteiger partial charge on any atom is -0.445 e. The predicted molar refractivity (Wildman–Crippen MR) is 112 cm³/mol. The predicted octanol–water partition coefficient (Wildman–Crippen LogP) is 3.16. The number of benzene rings is 2. The van der Waals surface area contributed by atoms with Crippen LogP contribution < -0.4 is 16.0 Å². The summed E-state index contributed by atoms with van der Waals surface area (Å²) in [6.45, 7) is 2.85. The number of alkyl carbamates (subject to hydrolysis) is 1.